The first-order valence-electron chi connectivity index (χ1n) is 16.8. The van der Waals surface area contributed by atoms with Crippen LogP contribution in [0.4, 0.5) is 5.82 Å². The fraction of sp³-hybridized carbons (Fsp3) is 0. The van der Waals surface area contributed by atoms with Gasteiger partial charge >= 0.3 is 0 Å². The molecule has 1 heterocycles. The molecular formula is C47H30N2. The van der Waals surface area contributed by atoms with Crippen molar-refractivity contribution in [3.8, 4) is 66.9 Å². The van der Waals surface area contributed by atoms with Crippen LogP contribution in [0, 0.1) is 0 Å². The van der Waals surface area contributed by atoms with Crippen molar-refractivity contribution < 1.29 is 0 Å². The van der Waals surface area contributed by atoms with Gasteiger partial charge in [-0.05, 0) is 107 Å². The Balaban J connectivity index is 1.28. The zero-order valence-electron chi connectivity index (χ0n) is 26.7. The van der Waals surface area contributed by atoms with Crippen molar-refractivity contribution in [1.82, 2.24) is 4.98 Å². The van der Waals surface area contributed by atoms with E-state index in [0.717, 1.165) is 27.6 Å². The highest BCUT2D eigenvalue weighted by Crippen LogP contribution is 2.58. The molecule has 10 rings (SSSR count). The van der Waals surface area contributed by atoms with Crippen LogP contribution in [0.25, 0.3) is 99.2 Å². The Kier molecular flexibility index (Phi) is 6.06. The van der Waals surface area contributed by atoms with E-state index >= 15 is 0 Å². The highest BCUT2D eigenvalue weighted by molar-refractivity contribution is 6.28. The maximum Gasteiger partial charge on any atom is 0.124 e. The highest BCUT2D eigenvalue weighted by Gasteiger charge is 2.31. The molecule has 0 bridgehead atoms. The Morgan fingerprint density at radius 2 is 0.918 bits per heavy atom. The molecule has 0 saturated carbocycles. The van der Waals surface area contributed by atoms with Gasteiger partial charge in [-0.2, -0.15) is 0 Å². The van der Waals surface area contributed by atoms with Crippen LogP contribution in [0.5, 0.6) is 0 Å². The lowest BCUT2D eigenvalue weighted by molar-refractivity contribution is 1.36. The van der Waals surface area contributed by atoms with E-state index in [1.807, 2.05) is 24.3 Å². The predicted octanol–water partition coefficient (Wildman–Crippen LogP) is 12.4. The quantitative estimate of drug-likeness (QED) is 0.212. The van der Waals surface area contributed by atoms with E-state index in [1.54, 1.807) is 0 Å². The molecule has 228 valence electrons. The maximum absolute atomic E-state index is 6.40. The second kappa shape index (κ2) is 10.8. The molecule has 0 atom stereocenters. The van der Waals surface area contributed by atoms with Gasteiger partial charge in [0, 0.05) is 10.9 Å². The minimum atomic E-state index is 0.520. The molecule has 2 heteroatoms. The third-order valence-electron chi connectivity index (χ3n) is 10.1. The molecule has 8 aromatic carbocycles. The summed E-state index contributed by atoms with van der Waals surface area (Å²) < 4.78 is 0. The molecule has 0 unspecified atom stereocenters. The monoisotopic (exact) mass is 622 g/mol. The van der Waals surface area contributed by atoms with Crippen LogP contribution in [-0.4, -0.2) is 4.98 Å². The Labute approximate surface area is 284 Å². The molecule has 49 heavy (non-hydrogen) atoms. The van der Waals surface area contributed by atoms with Gasteiger partial charge in [-0.25, -0.2) is 4.98 Å². The average Bonchev–Trinajstić information content (AvgIpc) is 3.48. The van der Waals surface area contributed by atoms with Crippen LogP contribution >= 0.6 is 0 Å². The molecule has 2 N–H and O–H groups in total. The van der Waals surface area contributed by atoms with E-state index < -0.39 is 0 Å². The molecule has 0 spiro atoms. The van der Waals surface area contributed by atoms with Crippen LogP contribution in [0.1, 0.15) is 0 Å². The number of fused-ring (bicyclic) bond motifs is 5. The Morgan fingerprint density at radius 1 is 0.347 bits per heavy atom. The molecule has 1 aliphatic rings. The maximum atomic E-state index is 6.40. The Bertz CT molecular complexity index is 2750. The lowest BCUT2D eigenvalue weighted by Gasteiger charge is -2.20. The zero-order valence-corrected chi connectivity index (χ0v) is 26.7. The summed E-state index contributed by atoms with van der Waals surface area (Å²) in [5.74, 6) is 0.520. The molecule has 0 amide bonds. The van der Waals surface area contributed by atoms with Crippen molar-refractivity contribution in [3.05, 3.63) is 170 Å². The van der Waals surface area contributed by atoms with Gasteiger partial charge in [-0.3, -0.25) is 0 Å². The number of hydrogen-bond acceptors (Lipinski definition) is 2. The smallest absolute Gasteiger partial charge is 0.124 e. The van der Waals surface area contributed by atoms with Crippen molar-refractivity contribution in [2.24, 2.45) is 0 Å². The van der Waals surface area contributed by atoms with Crippen molar-refractivity contribution in [2.45, 2.75) is 0 Å². The van der Waals surface area contributed by atoms with Crippen LogP contribution < -0.4 is 5.73 Å². The van der Waals surface area contributed by atoms with Gasteiger partial charge in [-0.15, -0.1) is 0 Å². The summed E-state index contributed by atoms with van der Waals surface area (Å²) in [6, 6.07) is 61.2. The van der Waals surface area contributed by atoms with E-state index in [0.29, 0.717) is 5.82 Å². The van der Waals surface area contributed by atoms with E-state index in [-0.39, 0.29) is 0 Å². The summed E-state index contributed by atoms with van der Waals surface area (Å²) in [5, 5.41) is 7.25. The van der Waals surface area contributed by atoms with Gasteiger partial charge in [0.15, 0.2) is 0 Å². The Hall–Kier alpha value is -6.51. The molecule has 0 saturated heterocycles. The number of hydrogen-bond donors (Lipinski definition) is 1. The summed E-state index contributed by atoms with van der Waals surface area (Å²) in [7, 11) is 0. The Morgan fingerprint density at radius 3 is 1.57 bits per heavy atom. The van der Waals surface area contributed by atoms with Crippen LogP contribution in [0.15, 0.2) is 170 Å². The molecule has 0 aliphatic heterocycles. The summed E-state index contributed by atoms with van der Waals surface area (Å²) in [4.78, 5) is 4.75. The number of nitrogen functional groups attached to an aromatic ring is 1. The number of nitrogens with two attached hydrogens (primary N) is 1. The molecule has 9 aromatic rings. The van der Waals surface area contributed by atoms with Crippen molar-refractivity contribution in [2.75, 3.05) is 5.73 Å². The van der Waals surface area contributed by atoms with Gasteiger partial charge in [0.2, 0.25) is 0 Å². The fourth-order valence-corrected chi connectivity index (χ4v) is 8.06. The third-order valence-corrected chi connectivity index (χ3v) is 10.1. The molecule has 1 aliphatic carbocycles. The summed E-state index contributed by atoms with van der Waals surface area (Å²) in [5.41, 5.74) is 20.9. The standard InChI is InChI=1S/C47H30N2/c48-41-28-35-25-32(23-24-36(35)47(49-41)31-17-8-3-9-18-31)34-26-33-19-12-22-39-42(33)40(27-34)46-44(30-15-6-2-7-16-30)38-21-11-10-20-37(38)43(45(39)46)29-13-4-1-5-14-29/h1-28H,(H2,48,49). The van der Waals surface area contributed by atoms with Crippen molar-refractivity contribution in [1.29, 1.82) is 0 Å². The van der Waals surface area contributed by atoms with Crippen molar-refractivity contribution >= 4 is 38.1 Å². The minimum Gasteiger partial charge on any atom is -0.384 e. The molecular weight excluding hydrogens is 593 g/mol. The third kappa shape index (κ3) is 4.24. The number of nitrogens with zero attached hydrogens (tertiary/aromatic N) is 1. The predicted molar refractivity (Wildman–Crippen MR) is 207 cm³/mol. The number of benzene rings is 8. The van der Waals surface area contributed by atoms with Crippen molar-refractivity contribution in [3.63, 3.8) is 0 Å². The second-order valence-electron chi connectivity index (χ2n) is 12.9. The minimum absolute atomic E-state index is 0.520. The van der Waals surface area contributed by atoms with E-state index in [4.69, 9.17) is 10.7 Å². The summed E-state index contributed by atoms with van der Waals surface area (Å²) >= 11 is 0. The van der Waals surface area contributed by atoms with Crippen LogP contribution in [-0.2, 0) is 0 Å². The average molecular weight is 623 g/mol. The number of aromatic nitrogens is 1. The zero-order chi connectivity index (χ0) is 32.5. The van der Waals surface area contributed by atoms with Gasteiger partial charge in [-0.1, -0.05) is 146 Å². The molecule has 0 fully saturated rings. The first-order chi connectivity index (χ1) is 24.2. The first-order valence-corrected chi connectivity index (χ1v) is 16.8. The second-order valence-corrected chi connectivity index (χ2v) is 12.9. The number of anilines is 1. The molecule has 1 aromatic heterocycles. The summed E-state index contributed by atoms with van der Waals surface area (Å²) in [6.45, 7) is 0. The SMILES string of the molecule is Nc1cc2cc(-c3cc4c5c(cccc5c3)-c3c-4c(-c4ccccc4)c4ccccc4c3-c3ccccc3)ccc2c(-c2ccccc2)n1. The lowest BCUT2D eigenvalue weighted by atomic mass is 9.82. The lowest BCUT2D eigenvalue weighted by Crippen LogP contribution is -1.94. The first kappa shape index (κ1) is 27.6. The van der Waals surface area contributed by atoms with E-state index in [2.05, 4.69) is 146 Å². The van der Waals surface area contributed by atoms with Crippen LogP contribution in [0.2, 0.25) is 0 Å². The molecule has 2 nitrogen and oxygen atoms in total. The van der Waals surface area contributed by atoms with E-state index in [9.17, 15) is 0 Å². The highest BCUT2D eigenvalue weighted by atomic mass is 14.8. The van der Waals surface area contributed by atoms with Gasteiger partial charge in [0.25, 0.3) is 0 Å². The topological polar surface area (TPSA) is 38.9 Å². The van der Waals surface area contributed by atoms with Gasteiger partial charge in [0.1, 0.15) is 5.82 Å². The summed E-state index contributed by atoms with van der Waals surface area (Å²) in [6.07, 6.45) is 0. The van der Waals surface area contributed by atoms with Crippen LogP contribution in [0.3, 0.4) is 0 Å². The van der Waals surface area contributed by atoms with Gasteiger partial charge < -0.3 is 5.73 Å². The fourth-order valence-electron chi connectivity index (χ4n) is 8.06. The number of rotatable bonds is 4. The van der Waals surface area contributed by atoms with Gasteiger partial charge in [0.05, 0.1) is 5.69 Å². The number of pyridine rings is 1. The molecule has 0 radical (unpaired) electrons. The normalized spacial score (nSPS) is 11.8. The largest absolute Gasteiger partial charge is 0.384 e. The van der Waals surface area contributed by atoms with E-state index in [1.165, 1.54) is 71.6 Å².